The molecule has 0 saturated carbocycles. The van der Waals surface area contributed by atoms with Crippen LogP contribution >= 0.6 is 0 Å². The van der Waals surface area contributed by atoms with E-state index >= 15 is 0 Å². The fourth-order valence-corrected chi connectivity index (χ4v) is 2.93. The molecular formula is C16H23NO3. The highest BCUT2D eigenvalue weighted by Crippen LogP contribution is 2.38. The summed E-state index contributed by atoms with van der Waals surface area (Å²) in [6.45, 7) is 4.31. The van der Waals surface area contributed by atoms with Gasteiger partial charge in [0.15, 0.2) is 11.5 Å². The zero-order valence-electron chi connectivity index (χ0n) is 12.1. The Hall–Kier alpha value is -1.26. The average molecular weight is 277 g/mol. The lowest BCUT2D eigenvalue weighted by atomic mass is 9.84. The van der Waals surface area contributed by atoms with Crippen molar-refractivity contribution in [2.75, 3.05) is 19.8 Å². The van der Waals surface area contributed by atoms with Gasteiger partial charge in [0.2, 0.25) is 0 Å². The van der Waals surface area contributed by atoms with Crippen molar-refractivity contribution < 1.29 is 14.2 Å². The van der Waals surface area contributed by atoms with Gasteiger partial charge in [0.1, 0.15) is 0 Å². The molecule has 1 aromatic carbocycles. The average Bonchev–Trinajstić information content (AvgIpc) is 2.71. The molecule has 0 spiro atoms. The molecule has 2 aliphatic heterocycles. The summed E-state index contributed by atoms with van der Waals surface area (Å²) in [7, 11) is 0. The SMILES string of the molecule is CC1(C(N)c2ccc3c(c2)OCCCO3)CCCCO1. The van der Waals surface area contributed by atoms with Gasteiger partial charge in [-0.3, -0.25) is 0 Å². The first kappa shape index (κ1) is 13.7. The first-order chi connectivity index (χ1) is 9.69. The molecule has 1 aromatic rings. The minimum atomic E-state index is -0.280. The largest absolute Gasteiger partial charge is 0.490 e. The van der Waals surface area contributed by atoms with E-state index in [-0.39, 0.29) is 11.6 Å². The van der Waals surface area contributed by atoms with Crippen LogP contribution in [0.25, 0.3) is 0 Å². The highest BCUT2D eigenvalue weighted by Gasteiger charge is 2.35. The van der Waals surface area contributed by atoms with E-state index in [1.54, 1.807) is 0 Å². The normalized spacial score (nSPS) is 27.7. The van der Waals surface area contributed by atoms with Gasteiger partial charge >= 0.3 is 0 Å². The number of fused-ring (bicyclic) bond motifs is 1. The van der Waals surface area contributed by atoms with Crippen LogP contribution in [0, 0.1) is 0 Å². The van der Waals surface area contributed by atoms with Gasteiger partial charge in [-0.1, -0.05) is 6.07 Å². The molecule has 0 amide bonds. The number of ether oxygens (including phenoxy) is 3. The molecule has 0 bridgehead atoms. The third-order valence-electron chi connectivity index (χ3n) is 4.29. The maximum absolute atomic E-state index is 6.45. The van der Waals surface area contributed by atoms with E-state index in [0.29, 0.717) is 13.2 Å². The molecule has 2 heterocycles. The lowest BCUT2D eigenvalue weighted by molar-refractivity contribution is -0.0821. The molecule has 2 unspecified atom stereocenters. The molecular weight excluding hydrogens is 254 g/mol. The molecule has 2 atom stereocenters. The Bertz CT molecular complexity index is 469. The zero-order valence-corrected chi connectivity index (χ0v) is 12.1. The topological polar surface area (TPSA) is 53.7 Å². The van der Waals surface area contributed by atoms with Crippen LogP contribution in [-0.2, 0) is 4.74 Å². The molecule has 1 fully saturated rings. The number of hydrogen-bond donors (Lipinski definition) is 1. The van der Waals surface area contributed by atoms with E-state index in [1.165, 1.54) is 6.42 Å². The quantitative estimate of drug-likeness (QED) is 0.903. The first-order valence-electron chi connectivity index (χ1n) is 7.48. The minimum Gasteiger partial charge on any atom is -0.490 e. The van der Waals surface area contributed by atoms with Crippen LogP contribution in [0.3, 0.4) is 0 Å². The van der Waals surface area contributed by atoms with Crippen LogP contribution < -0.4 is 15.2 Å². The lowest BCUT2D eigenvalue weighted by Gasteiger charge is -2.39. The second-order valence-corrected chi connectivity index (χ2v) is 5.85. The highest BCUT2D eigenvalue weighted by molar-refractivity contribution is 5.44. The Balaban J connectivity index is 1.84. The fraction of sp³-hybridized carbons (Fsp3) is 0.625. The van der Waals surface area contributed by atoms with Gasteiger partial charge in [-0.25, -0.2) is 0 Å². The Morgan fingerprint density at radius 3 is 2.60 bits per heavy atom. The third-order valence-corrected chi connectivity index (χ3v) is 4.29. The van der Waals surface area contributed by atoms with Crippen molar-refractivity contribution in [3.63, 3.8) is 0 Å². The molecule has 2 aliphatic rings. The summed E-state index contributed by atoms with van der Waals surface area (Å²) in [5.41, 5.74) is 7.23. The number of rotatable bonds is 2. The first-order valence-corrected chi connectivity index (χ1v) is 7.48. The van der Waals surface area contributed by atoms with E-state index < -0.39 is 0 Å². The second kappa shape index (κ2) is 5.62. The molecule has 4 heteroatoms. The van der Waals surface area contributed by atoms with E-state index in [1.807, 2.05) is 18.2 Å². The molecule has 2 N–H and O–H groups in total. The Kier molecular flexibility index (Phi) is 3.85. The third kappa shape index (κ3) is 2.63. The van der Waals surface area contributed by atoms with Gasteiger partial charge in [0, 0.05) is 13.0 Å². The summed E-state index contributed by atoms with van der Waals surface area (Å²) in [4.78, 5) is 0. The van der Waals surface area contributed by atoms with E-state index in [4.69, 9.17) is 19.9 Å². The van der Waals surface area contributed by atoms with Crippen molar-refractivity contribution in [3.8, 4) is 11.5 Å². The second-order valence-electron chi connectivity index (χ2n) is 5.85. The van der Waals surface area contributed by atoms with Crippen molar-refractivity contribution >= 4 is 0 Å². The standard InChI is InChI=1S/C16H23NO3/c1-16(7-2-3-10-20-16)15(17)12-5-6-13-14(11-12)19-9-4-8-18-13/h5-6,11,15H,2-4,7-10,17H2,1H3. The highest BCUT2D eigenvalue weighted by atomic mass is 16.5. The zero-order chi connectivity index (χ0) is 14.0. The summed E-state index contributed by atoms with van der Waals surface area (Å²) >= 11 is 0. The van der Waals surface area contributed by atoms with Crippen LogP contribution in [-0.4, -0.2) is 25.4 Å². The van der Waals surface area contributed by atoms with Crippen molar-refractivity contribution in [2.24, 2.45) is 5.73 Å². The molecule has 4 nitrogen and oxygen atoms in total. The van der Waals surface area contributed by atoms with Crippen LogP contribution in [0.1, 0.15) is 44.2 Å². The maximum atomic E-state index is 6.45. The molecule has 110 valence electrons. The maximum Gasteiger partial charge on any atom is 0.161 e. The smallest absolute Gasteiger partial charge is 0.161 e. The van der Waals surface area contributed by atoms with E-state index in [9.17, 15) is 0 Å². The summed E-state index contributed by atoms with van der Waals surface area (Å²) in [6.07, 6.45) is 4.22. The van der Waals surface area contributed by atoms with E-state index in [2.05, 4.69) is 6.92 Å². The van der Waals surface area contributed by atoms with Crippen molar-refractivity contribution in [1.29, 1.82) is 0 Å². The van der Waals surface area contributed by atoms with Crippen LogP contribution in [0.15, 0.2) is 18.2 Å². The minimum absolute atomic E-state index is 0.139. The van der Waals surface area contributed by atoms with Crippen molar-refractivity contribution in [1.82, 2.24) is 0 Å². The van der Waals surface area contributed by atoms with Crippen LogP contribution in [0.5, 0.6) is 11.5 Å². The molecule has 3 rings (SSSR count). The lowest BCUT2D eigenvalue weighted by Crippen LogP contribution is -2.43. The predicted octanol–water partition coefficient (Wildman–Crippen LogP) is 2.81. The molecule has 1 saturated heterocycles. The summed E-state index contributed by atoms with van der Waals surface area (Å²) in [5, 5.41) is 0. The van der Waals surface area contributed by atoms with Crippen LogP contribution in [0.2, 0.25) is 0 Å². The predicted molar refractivity (Wildman–Crippen MR) is 77.2 cm³/mol. The molecule has 0 radical (unpaired) electrons. The van der Waals surface area contributed by atoms with Gasteiger partial charge < -0.3 is 19.9 Å². The number of hydrogen-bond acceptors (Lipinski definition) is 4. The number of benzene rings is 1. The Morgan fingerprint density at radius 1 is 1.05 bits per heavy atom. The van der Waals surface area contributed by atoms with Gasteiger partial charge in [-0.2, -0.15) is 0 Å². The van der Waals surface area contributed by atoms with Crippen LogP contribution in [0.4, 0.5) is 0 Å². The Labute approximate surface area is 120 Å². The van der Waals surface area contributed by atoms with Crippen molar-refractivity contribution in [2.45, 2.75) is 44.2 Å². The van der Waals surface area contributed by atoms with Gasteiger partial charge in [0.25, 0.3) is 0 Å². The van der Waals surface area contributed by atoms with Gasteiger partial charge in [-0.05, 0) is 43.9 Å². The monoisotopic (exact) mass is 277 g/mol. The van der Waals surface area contributed by atoms with Gasteiger partial charge in [0.05, 0.1) is 24.9 Å². The van der Waals surface area contributed by atoms with E-state index in [0.717, 1.165) is 42.9 Å². The fourth-order valence-electron chi connectivity index (χ4n) is 2.93. The summed E-state index contributed by atoms with van der Waals surface area (Å²) in [5.74, 6) is 1.61. The number of nitrogens with two attached hydrogens (primary N) is 1. The molecule has 20 heavy (non-hydrogen) atoms. The molecule has 0 aromatic heterocycles. The summed E-state index contributed by atoms with van der Waals surface area (Å²) < 4.78 is 17.3. The molecule has 0 aliphatic carbocycles. The summed E-state index contributed by atoms with van der Waals surface area (Å²) in [6, 6.07) is 5.86. The van der Waals surface area contributed by atoms with Crippen molar-refractivity contribution in [3.05, 3.63) is 23.8 Å². The Morgan fingerprint density at radius 2 is 1.85 bits per heavy atom. The van der Waals surface area contributed by atoms with Gasteiger partial charge in [-0.15, -0.1) is 0 Å².